The van der Waals surface area contributed by atoms with Crippen LogP contribution in [0.2, 0.25) is 0 Å². The largest absolute Gasteiger partial charge is 0.497 e. The van der Waals surface area contributed by atoms with E-state index in [9.17, 15) is 9.59 Å². The molecule has 1 heterocycles. The minimum absolute atomic E-state index is 0.396. The first-order valence-electron chi connectivity index (χ1n) is 8.75. The minimum Gasteiger partial charge on any atom is -0.497 e. The highest BCUT2D eigenvalue weighted by Crippen LogP contribution is 2.39. The van der Waals surface area contributed by atoms with Crippen LogP contribution in [0.1, 0.15) is 11.7 Å². The summed E-state index contributed by atoms with van der Waals surface area (Å²) in [7, 11) is 6.06. The number of carbonyl (C=O) groups is 1. The van der Waals surface area contributed by atoms with Gasteiger partial charge in [-0.05, 0) is 24.3 Å². The van der Waals surface area contributed by atoms with Gasteiger partial charge in [0.25, 0.3) is 0 Å². The fourth-order valence-corrected chi connectivity index (χ4v) is 3.11. The number of hydrogen-bond acceptors (Lipinski definition) is 6. The molecule has 1 aromatic heterocycles. The monoisotopic (exact) mass is 398 g/mol. The molecule has 0 bridgehead atoms. The standard InChI is InChI=1S/C21H22N2O6/c1-13(24)23-17(14-6-8-16(26-2)9-7-14)12-22(21(23)25)15-10-18(27-3)20(29-5)19(11-15)28-4/h6-12H,1-5H3. The van der Waals surface area contributed by atoms with E-state index in [1.165, 1.54) is 32.8 Å². The summed E-state index contributed by atoms with van der Waals surface area (Å²) in [6, 6.07) is 10.4. The summed E-state index contributed by atoms with van der Waals surface area (Å²) in [5.74, 6) is 1.49. The average Bonchev–Trinajstić information content (AvgIpc) is 3.09. The zero-order valence-corrected chi connectivity index (χ0v) is 16.9. The highest BCUT2D eigenvalue weighted by molar-refractivity contribution is 5.82. The molecule has 0 saturated carbocycles. The van der Waals surface area contributed by atoms with Gasteiger partial charge >= 0.3 is 5.69 Å². The quantitative estimate of drug-likeness (QED) is 0.635. The zero-order valence-electron chi connectivity index (χ0n) is 16.9. The molecular weight excluding hydrogens is 376 g/mol. The van der Waals surface area contributed by atoms with Crippen molar-refractivity contribution in [2.45, 2.75) is 6.92 Å². The number of imidazole rings is 1. The van der Waals surface area contributed by atoms with Crippen LogP contribution in [0, 0.1) is 0 Å². The topological polar surface area (TPSA) is 80.9 Å². The molecule has 8 heteroatoms. The Morgan fingerprint density at radius 2 is 1.45 bits per heavy atom. The number of hydrogen-bond donors (Lipinski definition) is 0. The zero-order chi connectivity index (χ0) is 21.1. The van der Waals surface area contributed by atoms with Gasteiger partial charge in [0.1, 0.15) is 5.75 Å². The van der Waals surface area contributed by atoms with Gasteiger partial charge in [0.2, 0.25) is 11.7 Å². The number of ether oxygens (including phenoxy) is 4. The van der Waals surface area contributed by atoms with Crippen molar-refractivity contribution in [1.82, 2.24) is 9.13 Å². The summed E-state index contributed by atoms with van der Waals surface area (Å²) in [4.78, 5) is 25.3. The Bertz CT molecular complexity index is 1070. The van der Waals surface area contributed by atoms with Gasteiger partial charge in [-0.2, -0.15) is 0 Å². The van der Waals surface area contributed by atoms with E-state index in [4.69, 9.17) is 18.9 Å². The van der Waals surface area contributed by atoms with Crippen LogP contribution in [0.4, 0.5) is 0 Å². The van der Waals surface area contributed by atoms with E-state index in [0.717, 1.165) is 4.57 Å². The number of methoxy groups -OCH3 is 4. The van der Waals surface area contributed by atoms with Crippen molar-refractivity contribution in [1.29, 1.82) is 0 Å². The van der Waals surface area contributed by atoms with E-state index in [-0.39, 0.29) is 0 Å². The lowest BCUT2D eigenvalue weighted by molar-refractivity contribution is 0.0934. The molecule has 0 radical (unpaired) electrons. The molecule has 0 amide bonds. The number of rotatable bonds is 6. The van der Waals surface area contributed by atoms with Crippen LogP contribution in [0.5, 0.6) is 23.0 Å². The van der Waals surface area contributed by atoms with Crippen LogP contribution in [0.3, 0.4) is 0 Å². The van der Waals surface area contributed by atoms with E-state index in [1.807, 2.05) is 0 Å². The Kier molecular flexibility index (Phi) is 5.63. The van der Waals surface area contributed by atoms with E-state index < -0.39 is 11.6 Å². The number of aromatic nitrogens is 2. The fourth-order valence-electron chi connectivity index (χ4n) is 3.11. The summed E-state index contributed by atoms with van der Waals surface area (Å²) >= 11 is 0. The second kappa shape index (κ2) is 8.14. The minimum atomic E-state index is -0.502. The van der Waals surface area contributed by atoms with E-state index in [1.54, 1.807) is 49.7 Å². The predicted octanol–water partition coefficient (Wildman–Crippen LogP) is 3.00. The van der Waals surface area contributed by atoms with Gasteiger partial charge < -0.3 is 18.9 Å². The third-order valence-electron chi connectivity index (χ3n) is 4.52. The van der Waals surface area contributed by atoms with Gasteiger partial charge in [-0.25, -0.2) is 9.36 Å². The fraction of sp³-hybridized carbons (Fsp3) is 0.238. The highest BCUT2D eigenvalue weighted by Gasteiger charge is 2.20. The first-order valence-corrected chi connectivity index (χ1v) is 8.75. The van der Waals surface area contributed by atoms with Crippen molar-refractivity contribution in [2.24, 2.45) is 0 Å². The van der Waals surface area contributed by atoms with Crippen LogP contribution in [-0.2, 0) is 0 Å². The molecule has 0 aliphatic heterocycles. The Labute approximate surface area is 167 Å². The second-order valence-corrected chi connectivity index (χ2v) is 6.13. The second-order valence-electron chi connectivity index (χ2n) is 6.13. The number of nitrogens with zero attached hydrogens (tertiary/aromatic N) is 2. The van der Waals surface area contributed by atoms with Gasteiger partial charge in [-0.3, -0.25) is 9.36 Å². The Hall–Kier alpha value is -3.68. The molecule has 0 fully saturated rings. The Balaban J connectivity index is 2.24. The van der Waals surface area contributed by atoms with Crippen LogP contribution < -0.4 is 24.6 Å². The number of carbonyl (C=O) groups excluding carboxylic acids is 1. The van der Waals surface area contributed by atoms with Gasteiger partial charge in [0.15, 0.2) is 11.5 Å². The first kappa shape index (κ1) is 20.1. The van der Waals surface area contributed by atoms with Crippen molar-refractivity contribution >= 4 is 5.91 Å². The molecule has 2 aromatic carbocycles. The van der Waals surface area contributed by atoms with E-state index in [2.05, 4.69) is 0 Å². The lowest BCUT2D eigenvalue weighted by Crippen LogP contribution is -2.27. The SMILES string of the molecule is COc1ccc(-c2cn(-c3cc(OC)c(OC)c(OC)c3)c(=O)n2C(C)=O)cc1. The predicted molar refractivity (Wildman–Crippen MR) is 108 cm³/mol. The Morgan fingerprint density at radius 3 is 1.90 bits per heavy atom. The third-order valence-corrected chi connectivity index (χ3v) is 4.52. The van der Waals surface area contributed by atoms with Crippen molar-refractivity contribution in [3.63, 3.8) is 0 Å². The molecule has 0 spiro atoms. The molecule has 3 rings (SSSR count). The van der Waals surface area contributed by atoms with Crippen molar-refractivity contribution in [3.05, 3.63) is 53.1 Å². The highest BCUT2D eigenvalue weighted by atomic mass is 16.5. The molecule has 0 saturated heterocycles. The lowest BCUT2D eigenvalue weighted by atomic mass is 10.1. The average molecular weight is 398 g/mol. The first-order chi connectivity index (χ1) is 13.9. The normalized spacial score (nSPS) is 10.5. The lowest BCUT2D eigenvalue weighted by Gasteiger charge is -2.14. The molecule has 8 nitrogen and oxygen atoms in total. The molecular formula is C21H22N2O6. The summed E-state index contributed by atoms with van der Waals surface area (Å²) in [5.41, 5.74) is 1.13. The van der Waals surface area contributed by atoms with E-state index in [0.29, 0.717) is 39.9 Å². The van der Waals surface area contributed by atoms with E-state index >= 15 is 0 Å². The van der Waals surface area contributed by atoms with Crippen LogP contribution in [0.25, 0.3) is 16.9 Å². The van der Waals surface area contributed by atoms with Gasteiger partial charge in [0.05, 0.1) is 39.8 Å². The number of benzene rings is 2. The van der Waals surface area contributed by atoms with Crippen molar-refractivity contribution in [2.75, 3.05) is 28.4 Å². The van der Waals surface area contributed by atoms with Gasteiger partial charge in [-0.15, -0.1) is 0 Å². The molecule has 0 N–H and O–H groups in total. The molecule has 0 aliphatic carbocycles. The van der Waals surface area contributed by atoms with Crippen molar-refractivity contribution in [3.8, 4) is 39.9 Å². The summed E-state index contributed by atoms with van der Waals surface area (Å²) in [6.45, 7) is 1.34. The summed E-state index contributed by atoms with van der Waals surface area (Å²) < 4.78 is 23.7. The van der Waals surface area contributed by atoms with Crippen LogP contribution in [-0.4, -0.2) is 43.5 Å². The molecule has 0 unspecified atom stereocenters. The molecule has 3 aromatic rings. The maximum absolute atomic E-state index is 13.0. The van der Waals surface area contributed by atoms with Gasteiger partial charge in [0, 0.05) is 30.8 Å². The third kappa shape index (κ3) is 3.56. The Morgan fingerprint density at radius 1 is 0.862 bits per heavy atom. The summed E-state index contributed by atoms with van der Waals surface area (Å²) in [5, 5.41) is 0. The summed E-state index contributed by atoms with van der Waals surface area (Å²) in [6.07, 6.45) is 1.60. The van der Waals surface area contributed by atoms with Gasteiger partial charge in [-0.1, -0.05) is 0 Å². The molecule has 0 atom stereocenters. The molecule has 152 valence electrons. The molecule has 29 heavy (non-hydrogen) atoms. The molecule has 0 aliphatic rings. The smallest absolute Gasteiger partial charge is 0.340 e. The maximum atomic E-state index is 13.0. The van der Waals surface area contributed by atoms with Crippen molar-refractivity contribution < 1.29 is 23.7 Å². The van der Waals surface area contributed by atoms with Crippen LogP contribution in [0.15, 0.2) is 47.4 Å². The van der Waals surface area contributed by atoms with Crippen LogP contribution >= 0.6 is 0 Å². The maximum Gasteiger partial charge on any atom is 0.340 e.